The fourth-order valence-corrected chi connectivity index (χ4v) is 46.7. The van der Waals surface area contributed by atoms with E-state index in [4.69, 9.17) is 45.7 Å². The van der Waals surface area contributed by atoms with Crippen molar-refractivity contribution in [3.8, 4) is 5.75 Å². The molecule has 0 atom stereocenters. The highest BCUT2D eigenvalue weighted by atomic mass is 33.7. The number of aliphatic hydroxyl groups is 1. The van der Waals surface area contributed by atoms with Gasteiger partial charge >= 0.3 is 0 Å². The van der Waals surface area contributed by atoms with Gasteiger partial charge in [-0.05, 0) is 72.4 Å². The van der Waals surface area contributed by atoms with E-state index in [-0.39, 0.29) is 6.61 Å². The second-order valence-electron chi connectivity index (χ2n) is 9.30. The van der Waals surface area contributed by atoms with Crippen LogP contribution in [0.5, 0.6) is 5.75 Å². The van der Waals surface area contributed by atoms with Crippen LogP contribution in [0.25, 0.3) is 0 Å². The molecule has 12 heteroatoms. The molecule has 5 rings (SSSR count). The van der Waals surface area contributed by atoms with Crippen molar-refractivity contribution in [2.24, 2.45) is 5.92 Å². The molecule has 39 heavy (non-hydrogen) atoms. The molecule has 5 nitrogen and oxygen atoms in total. The van der Waals surface area contributed by atoms with Gasteiger partial charge in [0.2, 0.25) is 5.95 Å². The molecule has 2 aliphatic rings. The van der Waals surface area contributed by atoms with Gasteiger partial charge in [0.15, 0.2) is 0 Å². The first-order chi connectivity index (χ1) is 18.7. The summed E-state index contributed by atoms with van der Waals surface area (Å²) >= 11 is 20.7. The Hall–Kier alpha value is -0.830. The van der Waals surface area contributed by atoms with Crippen molar-refractivity contribution >= 4 is 88.1 Å². The number of anilines is 1. The second kappa shape index (κ2) is 13.9. The molecule has 0 spiro atoms. The van der Waals surface area contributed by atoms with Crippen LogP contribution in [-0.2, 0) is 36.6 Å². The van der Waals surface area contributed by atoms with Crippen LogP contribution >= 0.6 is 43.1 Å². The third kappa shape index (κ3) is 7.72. The number of aliphatic hydroxyl groups excluding tert-OH is 1. The standard InChI is InChI=1S/C14H14O2P2S4.C13H19N3S/c1-16-12-4-8-14(9-5-12)18(20)21-17(19,22-18)13-6-2-11(10-15)3-7-13;1-3-11-8-14-13(15-9-11)16-6-4-12(5-7-16)10(2)17/h2-9,15H,10H2,1H3;8-9,12H,3-7H2,1-2H3. The predicted molar refractivity (Wildman–Crippen MR) is 183 cm³/mol. The minimum atomic E-state index is -1.68. The number of aromatic nitrogens is 2. The number of hydrogen-bond donors (Lipinski definition) is 1. The van der Waals surface area contributed by atoms with Crippen LogP contribution in [-0.4, -0.2) is 40.1 Å². The van der Waals surface area contributed by atoms with Gasteiger partial charge in [-0.15, -0.1) is 0 Å². The van der Waals surface area contributed by atoms with E-state index < -0.39 is 8.88 Å². The molecule has 2 saturated heterocycles. The molecular weight excluding hydrogens is 621 g/mol. The number of ether oxygens (including phenoxy) is 1. The number of thiocarbonyl (C=S) groups is 1. The third-order valence-corrected chi connectivity index (χ3v) is 38.3. The van der Waals surface area contributed by atoms with E-state index in [1.165, 1.54) is 16.2 Å². The Bertz CT molecular complexity index is 1280. The molecule has 0 unspecified atom stereocenters. The summed E-state index contributed by atoms with van der Waals surface area (Å²) in [7, 11) is 1.66. The fraction of sp³-hybridized carbons (Fsp3) is 0.370. The Kier molecular flexibility index (Phi) is 11.1. The number of methoxy groups -OCH3 is 1. The Balaban J connectivity index is 0.000000187. The van der Waals surface area contributed by atoms with Gasteiger partial charge in [0.25, 0.3) is 0 Å². The van der Waals surface area contributed by atoms with Crippen LogP contribution in [0.1, 0.15) is 37.8 Å². The third-order valence-electron chi connectivity index (χ3n) is 6.71. The molecule has 3 heterocycles. The molecule has 0 bridgehead atoms. The number of piperidine rings is 1. The number of aryl methyl sites for hydroxylation is 1. The van der Waals surface area contributed by atoms with Gasteiger partial charge in [-0.3, -0.25) is 0 Å². The minimum Gasteiger partial charge on any atom is -0.497 e. The molecular formula is C27H33N3O2P2S5. The largest absolute Gasteiger partial charge is 0.497 e. The second-order valence-corrected chi connectivity index (χ2v) is 31.2. The highest BCUT2D eigenvalue weighted by Gasteiger charge is 2.45. The fourth-order valence-electron chi connectivity index (χ4n) is 4.21. The molecule has 0 amide bonds. The van der Waals surface area contributed by atoms with Gasteiger partial charge in [-0.2, -0.15) is 0 Å². The van der Waals surface area contributed by atoms with Gasteiger partial charge in [0, 0.05) is 36.1 Å². The zero-order valence-electron chi connectivity index (χ0n) is 22.2. The molecule has 2 aromatic carbocycles. The van der Waals surface area contributed by atoms with E-state index in [0.717, 1.165) is 54.5 Å². The molecule has 1 N–H and O–H groups in total. The average Bonchev–Trinajstić information content (AvgIpc) is 2.97. The highest BCUT2D eigenvalue weighted by molar-refractivity contribution is 9.48. The van der Waals surface area contributed by atoms with E-state index >= 15 is 0 Å². The van der Waals surface area contributed by atoms with Gasteiger partial charge in [0.05, 0.1) is 22.6 Å². The smallest absolute Gasteiger partial charge is 0.225 e. The maximum Gasteiger partial charge on any atom is 0.225 e. The van der Waals surface area contributed by atoms with Crippen molar-refractivity contribution < 1.29 is 9.84 Å². The van der Waals surface area contributed by atoms with E-state index in [2.05, 4.69) is 40.8 Å². The minimum absolute atomic E-state index is 0.0628. The summed E-state index contributed by atoms with van der Waals surface area (Å²) in [4.78, 5) is 12.3. The zero-order chi connectivity index (χ0) is 28.0. The van der Waals surface area contributed by atoms with Crippen molar-refractivity contribution in [1.82, 2.24) is 9.97 Å². The first-order valence-electron chi connectivity index (χ1n) is 12.7. The first kappa shape index (κ1) is 31.1. The molecule has 3 aromatic rings. The van der Waals surface area contributed by atoms with Gasteiger partial charge in [-0.25, -0.2) is 9.97 Å². The molecule has 0 radical (unpaired) electrons. The Morgan fingerprint density at radius 1 is 0.949 bits per heavy atom. The Morgan fingerprint density at radius 3 is 1.90 bits per heavy atom. The van der Waals surface area contributed by atoms with Crippen LogP contribution in [0.4, 0.5) is 5.95 Å². The van der Waals surface area contributed by atoms with E-state index in [0.29, 0.717) is 5.92 Å². The van der Waals surface area contributed by atoms with Crippen molar-refractivity contribution in [3.05, 3.63) is 72.1 Å². The van der Waals surface area contributed by atoms with Gasteiger partial charge in [0.1, 0.15) is 5.75 Å². The lowest BCUT2D eigenvalue weighted by Crippen LogP contribution is -2.36. The van der Waals surface area contributed by atoms with Crippen LogP contribution in [0, 0.1) is 5.92 Å². The lowest BCUT2D eigenvalue weighted by atomic mass is 9.94. The lowest BCUT2D eigenvalue weighted by molar-refractivity contribution is 0.282. The summed E-state index contributed by atoms with van der Waals surface area (Å²) in [6, 6.07) is 16.0. The van der Waals surface area contributed by atoms with Crippen molar-refractivity contribution in [2.75, 3.05) is 25.1 Å². The van der Waals surface area contributed by atoms with Crippen LogP contribution in [0.2, 0.25) is 0 Å². The van der Waals surface area contributed by atoms with E-state index in [9.17, 15) is 0 Å². The molecule has 0 aliphatic carbocycles. The summed E-state index contributed by atoms with van der Waals surface area (Å²) in [5.74, 6) is 2.32. The SMILES string of the molecule is CCc1cnc(N2CCC(C(C)=S)CC2)nc1.COc1ccc(P2(=S)SP(=S)(c3ccc(CO)cc3)S2)cc1. The number of nitrogens with zero attached hydrogens (tertiary/aromatic N) is 3. The maximum absolute atomic E-state index is 9.13. The summed E-state index contributed by atoms with van der Waals surface area (Å²) in [6.07, 6.45) is 7.12. The van der Waals surface area contributed by atoms with Crippen molar-refractivity contribution in [1.29, 1.82) is 0 Å². The average molecular weight is 654 g/mol. The monoisotopic (exact) mass is 653 g/mol. The van der Waals surface area contributed by atoms with Crippen molar-refractivity contribution in [3.63, 3.8) is 0 Å². The Labute approximate surface area is 255 Å². The number of benzene rings is 2. The van der Waals surface area contributed by atoms with Crippen molar-refractivity contribution in [2.45, 2.75) is 39.7 Å². The summed E-state index contributed by atoms with van der Waals surface area (Å²) in [5, 5.41) is 11.5. The van der Waals surface area contributed by atoms with Crippen LogP contribution in [0.3, 0.4) is 0 Å². The van der Waals surface area contributed by atoms with E-state index in [1.54, 1.807) is 7.11 Å². The van der Waals surface area contributed by atoms with Crippen LogP contribution < -0.4 is 20.2 Å². The van der Waals surface area contributed by atoms with Gasteiger partial charge < -0.3 is 14.7 Å². The molecule has 208 valence electrons. The lowest BCUT2D eigenvalue weighted by Gasteiger charge is -2.40. The highest BCUT2D eigenvalue weighted by Crippen LogP contribution is 3.04. The summed E-state index contributed by atoms with van der Waals surface area (Å²) in [6.45, 7) is 6.27. The molecule has 2 aliphatic heterocycles. The zero-order valence-corrected chi connectivity index (χ0v) is 28.1. The van der Waals surface area contributed by atoms with Crippen LogP contribution in [0.15, 0.2) is 60.9 Å². The summed E-state index contributed by atoms with van der Waals surface area (Å²) in [5.41, 5.74) is 2.11. The van der Waals surface area contributed by atoms with E-state index in [1.807, 2.05) is 70.8 Å². The first-order valence-corrected chi connectivity index (χ1v) is 22.8. The Morgan fingerprint density at radius 2 is 1.46 bits per heavy atom. The quantitative estimate of drug-likeness (QED) is 0.216. The molecule has 2 fully saturated rings. The number of hydrogen-bond acceptors (Lipinski definition) is 10. The molecule has 1 aromatic heterocycles. The summed E-state index contributed by atoms with van der Waals surface area (Å²) < 4.78 is 1.84. The maximum atomic E-state index is 9.13. The topological polar surface area (TPSA) is 58.5 Å². The molecule has 0 saturated carbocycles. The van der Waals surface area contributed by atoms with Gasteiger partial charge in [-0.1, -0.05) is 89.0 Å². The predicted octanol–water partition coefficient (Wildman–Crippen LogP) is 6.88. The normalized spacial score (nSPS) is 22.8. The number of rotatable bonds is 7.